The maximum Gasteiger partial charge on any atom is 0.145 e. The molecule has 0 N–H and O–H groups in total. The molecule has 2 nitrogen and oxygen atoms in total. The smallest absolute Gasteiger partial charge is 0.145 e. The Morgan fingerprint density at radius 2 is 2.22 bits per heavy atom. The number of methoxy groups -OCH3 is 1. The minimum Gasteiger partial charge on any atom is -0.378 e. The van der Waals surface area contributed by atoms with Crippen molar-refractivity contribution in [1.82, 2.24) is 0 Å². The fourth-order valence-corrected chi connectivity index (χ4v) is 2.54. The van der Waals surface area contributed by atoms with Crippen molar-refractivity contribution in [1.29, 1.82) is 0 Å². The molecule has 0 bridgehead atoms. The van der Waals surface area contributed by atoms with E-state index < -0.39 is 5.82 Å². The van der Waals surface area contributed by atoms with E-state index in [-0.39, 0.29) is 22.8 Å². The highest BCUT2D eigenvalue weighted by atomic mass is 35.5. The molecule has 0 saturated heterocycles. The zero-order chi connectivity index (χ0) is 13.2. The molecule has 0 unspecified atom stereocenters. The maximum absolute atomic E-state index is 13.7. The van der Waals surface area contributed by atoms with Gasteiger partial charge in [0, 0.05) is 20.0 Å². The second kappa shape index (κ2) is 5.37. The summed E-state index contributed by atoms with van der Waals surface area (Å²) in [5, 5.41) is 0.0606. The average molecular weight is 271 g/mol. The molecule has 18 heavy (non-hydrogen) atoms. The molecule has 0 aliphatic heterocycles. The highest BCUT2D eigenvalue weighted by molar-refractivity contribution is 6.30. The molecule has 1 fully saturated rings. The van der Waals surface area contributed by atoms with Crippen LogP contribution in [0.5, 0.6) is 0 Å². The maximum atomic E-state index is 13.7. The van der Waals surface area contributed by atoms with Crippen LogP contribution in [0.3, 0.4) is 0 Å². The Labute approximate surface area is 111 Å². The van der Waals surface area contributed by atoms with Gasteiger partial charge in [0.15, 0.2) is 0 Å². The fraction of sp³-hybridized carbons (Fsp3) is 0.500. The van der Waals surface area contributed by atoms with Crippen LogP contribution in [0, 0.1) is 5.82 Å². The van der Waals surface area contributed by atoms with Gasteiger partial charge < -0.3 is 4.74 Å². The standard InChI is InChI=1S/C14H16ClFO2/c1-18-14(6-3-7-14)9-11(17)8-10-4-2-5-12(15)13(10)16/h2,4-5H,3,6-9H2,1H3. The lowest BCUT2D eigenvalue weighted by Crippen LogP contribution is -2.41. The van der Waals surface area contributed by atoms with E-state index in [2.05, 4.69) is 0 Å². The van der Waals surface area contributed by atoms with Crippen LogP contribution in [-0.2, 0) is 16.0 Å². The molecular weight excluding hydrogens is 255 g/mol. The van der Waals surface area contributed by atoms with Crippen molar-refractivity contribution in [3.63, 3.8) is 0 Å². The van der Waals surface area contributed by atoms with E-state index in [4.69, 9.17) is 16.3 Å². The molecule has 1 saturated carbocycles. The molecule has 2 rings (SSSR count). The van der Waals surface area contributed by atoms with Crippen LogP contribution in [0.1, 0.15) is 31.2 Å². The van der Waals surface area contributed by atoms with Crippen LogP contribution >= 0.6 is 11.6 Å². The molecule has 0 amide bonds. The molecular formula is C14H16ClFO2. The summed E-state index contributed by atoms with van der Waals surface area (Å²) in [5.74, 6) is -0.495. The van der Waals surface area contributed by atoms with E-state index >= 15 is 0 Å². The number of halogens is 2. The van der Waals surface area contributed by atoms with Crippen LogP contribution < -0.4 is 0 Å². The normalized spacial score (nSPS) is 17.3. The Bertz CT molecular complexity index is 450. The first-order valence-electron chi connectivity index (χ1n) is 6.06. The Morgan fingerprint density at radius 1 is 1.50 bits per heavy atom. The average Bonchev–Trinajstić information content (AvgIpc) is 2.30. The highest BCUT2D eigenvalue weighted by Gasteiger charge is 2.38. The van der Waals surface area contributed by atoms with E-state index in [1.165, 1.54) is 6.07 Å². The minimum atomic E-state index is -0.493. The van der Waals surface area contributed by atoms with Gasteiger partial charge in [0.25, 0.3) is 0 Å². The quantitative estimate of drug-likeness (QED) is 0.818. The number of rotatable bonds is 5. The summed E-state index contributed by atoms with van der Waals surface area (Å²) < 4.78 is 19.1. The van der Waals surface area contributed by atoms with E-state index in [1.54, 1.807) is 19.2 Å². The largest absolute Gasteiger partial charge is 0.378 e. The van der Waals surface area contributed by atoms with Crippen molar-refractivity contribution in [2.45, 2.75) is 37.7 Å². The van der Waals surface area contributed by atoms with E-state index in [9.17, 15) is 9.18 Å². The zero-order valence-electron chi connectivity index (χ0n) is 10.3. The van der Waals surface area contributed by atoms with Gasteiger partial charge in [-0.15, -0.1) is 0 Å². The number of carbonyl (C=O) groups excluding carboxylic acids is 1. The number of hydrogen-bond acceptors (Lipinski definition) is 2. The molecule has 0 spiro atoms. The number of Topliss-reactive ketones (excluding diaryl/α,β-unsaturated/α-hetero) is 1. The molecule has 1 aromatic rings. The second-order valence-electron chi connectivity index (χ2n) is 4.85. The number of ether oxygens (including phenoxy) is 1. The van der Waals surface area contributed by atoms with Crippen LogP contribution in [-0.4, -0.2) is 18.5 Å². The van der Waals surface area contributed by atoms with Crippen LogP contribution in [0.15, 0.2) is 18.2 Å². The second-order valence-corrected chi connectivity index (χ2v) is 5.25. The Balaban J connectivity index is 2.01. The van der Waals surface area contributed by atoms with E-state index in [1.807, 2.05) is 0 Å². The summed E-state index contributed by atoms with van der Waals surface area (Å²) in [5.41, 5.74) is 0.0599. The van der Waals surface area contributed by atoms with Gasteiger partial charge in [-0.25, -0.2) is 4.39 Å². The van der Waals surface area contributed by atoms with E-state index in [0.717, 1.165) is 19.3 Å². The van der Waals surface area contributed by atoms with Gasteiger partial charge in [0.05, 0.1) is 10.6 Å². The molecule has 0 heterocycles. The number of benzene rings is 1. The van der Waals surface area contributed by atoms with Gasteiger partial charge in [-0.3, -0.25) is 4.79 Å². The van der Waals surface area contributed by atoms with Gasteiger partial charge in [-0.05, 0) is 30.9 Å². The molecule has 98 valence electrons. The number of ketones is 1. The lowest BCUT2D eigenvalue weighted by atomic mass is 9.76. The lowest BCUT2D eigenvalue weighted by molar-refractivity contribution is -0.131. The third-order valence-corrected chi connectivity index (χ3v) is 3.93. The van der Waals surface area contributed by atoms with Crippen molar-refractivity contribution in [3.8, 4) is 0 Å². The number of hydrogen-bond donors (Lipinski definition) is 0. The van der Waals surface area contributed by atoms with Crippen molar-refractivity contribution < 1.29 is 13.9 Å². The molecule has 1 aliphatic rings. The van der Waals surface area contributed by atoms with Crippen molar-refractivity contribution >= 4 is 17.4 Å². The van der Waals surface area contributed by atoms with Gasteiger partial charge in [-0.2, -0.15) is 0 Å². The predicted molar refractivity (Wildman–Crippen MR) is 68.3 cm³/mol. The van der Waals surface area contributed by atoms with E-state index in [0.29, 0.717) is 12.0 Å². The third kappa shape index (κ3) is 2.73. The Kier molecular flexibility index (Phi) is 4.03. The Hall–Kier alpha value is -0.930. The van der Waals surface area contributed by atoms with Gasteiger partial charge in [0.1, 0.15) is 11.6 Å². The summed E-state index contributed by atoms with van der Waals surface area (Å²) in [6, 6.07) is 4.73. The van der Waals surface area contributed by atoms with Gasteiger partial charge >= 0.3 is 0 Å². The molecule has 1 aliphatic carbocycles. The summed E-state index contributed by atoms with van der Waals surface area (Å²) >= 11 is 5.69. The molecule has 0 atom stereocenters. The minimum absolute atomic E-state index is 0.00211. The highest BCUT2D eigenvalue weighted by Crippen LogP contribution is 2.38. The zero-order valence-corrected chi connectivity index (χ0v) is 11.1. The van der Waals surface area contributed by atoms with Crippen molar-refractivity contribution in [2.24, 2.45) is 0 Å². The summed E-state index contributed by atoms with van der Waals surface area (Å²) in [4.78, 5) is 12.0. The number of carbonyl (C=O) groups is 1. The first-order chi connectivity index (χ1) is 8.56. The van der Waals surface area contributed by atoms with Gasteiger partial charge in [0.2, 0.25) is 0 Å². The molecule has 0 radical (unpaired) electrons. The topological polar surface area (TPSA) is 26.3 Å². The summed E-state index contributed by atoms with van der Waals surface area (Å²) in [6.45, 7) is 0. The Morgan fingerprint density at radius 3 is 2.78 bits per heavy atom. The molecule has 4 heteroatoms. The van der Waals surface area contributed by atoms with Gasteiger partial charge in [-0.1, -0.05) is 23.7 Å². The van der Waals surface area contributed by atoms with Crippen LogP contribution in [0.25, 0.3) is 0 Å². The fourth-order valence-electron chi connectivity index (χ4n) is 2.34. The monoisotopic (exact) mass is 270 g/mol. The van der Waals surface area contributed by atoms with Crippen molar-refractivity contribution in [2.75, 3.05) is 7.11 Å². The summed E-state index contributed by atoms with van der Waals surface area (Å²) in [7, 11) is 1.63. The van der Waals surface area contributed by atoms with Crippen molar-refractivity contribution in [3.05, 3.63) is 34.6 Å². The predicted octanol–water partition coefficient (Wildman–Crippen LogP) is 3.55. The summed E-state index contributed by atoms with van der Waals surface area (Å²) in [6.07, 6.45) is 3.35. The lowest BCUT2D eigenvalue weighted by Gasteiger charge is -2.40. The van der Waals surface area contributed by atoms with Crippen LogP contribution in [0.4, 0.5) is 4.39 Å². The third-order valence-electron chi connectivity index (χ3n) is 3.64. The SMILES string of the molecule is COC1(CC(=O)Cc2cccc(Cl)c2F)CCC1. The first kappa shape index (κ1) is 13.5. The van der Waals surface area contributed by atoms with Crippen LogP contribution in [0.2, 0.25) is 5.02 Å². The molecule has 1 aromatic carbocycles. The molecule has 0 aromatic heterocycles. The first-order valence-corrected chi connectivity index (χ1v) is 6.44.